The number of aromatic nitrogens is 2. The zero-order valence-electron chi connectivity index (χ0n) is 15.4. The first-order valence-electron chi connectivity index (χ1n) is 8.91. The van der Waals surface area contributed by atoms with Crippen LogP contribution in [-0.2, 0) is 15.3 Å². The van der Waals surface area contributed by atoms with E-state index in [1.165, 1.54) is 11.8 Å². The summed E-state index contributed by atoms with van der Waals surface area (Å²) in [6.45, 7) is 6.02. The van der Waals surface area contributed by atoms with Crippen molar-refractivity contribution in [3.05, 3.63) is 11.7 Å². The first-order valence-corrected chi connectivity index (χ1v) is 10.1. The number of hydrogen-bond acceptors (Lipinski definition) is 6. The maximum atomic E-state index is 12.4. The van der Waals surface area contributed by atoms with Crippen LogP contribution in [0.4, 0.5) is 0 Å². The fraction of sp³-hybridized carbons (Fsp3) is 0.765. The Labute approximate surface area is 153 Å². The summed E-state index contributed by atoms with van der Waals surface area (Å²) < 4.78 is 4.91. The summed E-state index contributed by atoms with van der Waals surface area (Å²) in [5.41, 5.74) is 0. The summed E-state index contributed by atoms with van der Waals surface area (Å²) in [7, 11) is 1.88. The molecule has 1 aliphatic heterocycles. The molecule has 0 spiro atoms. The van der Waals surface area contributed by atoms with Crippen LogP contribution in [0.3, 0.4) is 0 Å². The zero-order valence-corrected chi connectivity index (χ0v) is 16.2. The van der Waals surface area contributed by atoms with E-state index in [-0.39, 0.29) is 17.7 Å². The molecule has 1 aromatic rings. The number of hydrogen-bond donors (Lipinski definition) is 0. The fourth-order valence-electron chi connectivity index (χ4n) is 2.91. The third-order valence-corrected chi connectivity index (χ3v) is 5.36. The maximum Gasteiger partial charge on any atom is 0.232 e. The van der Waals surface area contributed by atoms with E-state index in [2.05, 4.69) is 17.1 Å². The molecule has 1 fully saturated rings. The largest absolute Gasteiger partial charge is 0.346 e. The normalized spacial score (nSPS) is 15.4. The summed E-state index contributed by atoms with van der Waals surface area (Å²) in [6.07, 6.45) is 3.65. The van der Waals surface area contributed by atoms with Gasteiger partial charge in [0.2, 0.25) is 17.7 Å². The summed E-state index contributed by atoms with van der Waals surface area (Å²) in [5, 5.41) is 3.82. The topological polar surface area (TPSA) is 79.5 Å². The smallest absolute Gasteiger partial charge is 0.232 e. The molecule has 1 aliphatic rings. The third-order valence-electron chi connectivity index (χ3n) is 4.45. The lowest BCUT2D eigenvalue weighted by Gasteiger charge is -2.33. The fourth-order valence-corrected chi connectivity index (χ4v) is 3.67. The van der Waals surface area contributed by atoms with E-state index in [1.54, 1.807) is 6.92 Å². The van der Waals surface area contributed by atoms with Gasteiger partial charge in [-0.25, -0.2) is 0 Å². The molecule has 1 saturated heterocycles. The summed E-state index contributed by atoms with van der Waals surface area (Å²) in [6, 6.07) is 0. The Bertz CT molecular complexity index is 570. The van der Waals surface area contributed by atoms with Crippen LogP contribution < -0.4 is 0 Å². The number of aryl methyl sites for hydroxylation is 1. The second-order valence-electron chi connectivity index (χ2n) is 6.49. The maximum absolute atomic E-state index is 12.4. The van der Waals surface area contributed by atoms with Gasteiger partial charge in [-0.2, -0.15) is 4.98 Å². The van der Waals surface area contributed by atoms with Crippen LogP contribution in [0.2, 0.25) is 0 Å². The molecule has 0 radical (unpaired) electrons. The Hall–Kier alpha value is -1.57. The van der Waals surface area contributed by atoms with Crippen molar-refractivity contribution in [3.63, 3.8) is 0 Å². The highest BCUT2D eigenvalue weighted by molar-refractivity contribution is 7.99. The van der Waals surface area contributed by atoms with E-state index in [0.29, 0.717) is 36.3 Å². The Morgan fingerprint density at radius 3 is 2.68 bits per heavy atom. The Kier molecular flexibility index (Phi) is 7.74. The Morgan fingerprint density at radius 2 is 2.08 bits per heavy atom. The average molecular weight is 369 g/mol. The molecule has 0 bridgehead atoms. The van der Waals surface area contributed by atoms with Gasteiger partial charge in [0.05, 0.1) is 11.5 Å². The molecule has 2 heterocycles. The van der Waals surface area contributed by atoms with Crippen LogP contribution in [0.5, 0.6) is 0 Å². The molecule has 2 rings (SSSR count). The van der Waals surface area contributed by atoms with E-state index in [4.69, 9.17) is 4.52 Å². The molecular formula is C17H28N4O3S. The molecule has 0 N–H and O–H groups in total. The number of unbranched alkanes of at least 4 members (excludes halogenated alkanes) is 1. The quantitative estimate of drug-likeness (QED) is 0.699. The number of thioether (sulfide) groups is 1. The predicted octanol–water partition coefficient (Wildman–Crippen LogP) is 2.11. The van der Waals surface area contributed by atoms with Crippen molar-refractivity contribution in [3.8, 4) is 0 Å². The molecule has 140 valence electrons. The van der Waals surface area contributed by atoms with Crippen molar-refractivity contribution < 1.29 is 14.1 Å². The Morgan fingerprint density at radius 1 is 1.36 bits per heavy atom. The van der Waals surface area contributed by atoms with Crippen molar-refractivity contribution in [2.45, 2.75) is 45.3 Å². The molecule has 0 aromatic carbocycles. The lowest BCUT2D eigenvalue weighted by Crippen LogP contribution is -2.44. The van der Waals surface area contributed by atoms with Gasteiger partial charge in [0.25, 0.3) is 0 Å². The van der Waals surface area contributed by atoms with Crippen molar-refractivity contribution >= 4 is 23.6 Å². The Balaban J connectivity index is 1.68. The van der Waals surface area contributed by atoms with E-state index in [1.807, 2.05) is 16.8 Å². The van der Waals surface area contributed by atoms with Gasteiger partial charge in [0.1, 0.15) is 0 Å². The highest BCUT2D eigenvalue weighted by Crippen LogP contribution is 2.21. The SMILES string of the molecule is CCCCN(C)C(=O)C1CCN(C(=O)CSCc2noc(C)n2)CC1. The molecule has 8 heteroatoms. The van der Waals surface area contributed by atoms with Crippen molar-refractivity contribution in [2.75, 3.05) is 32.4 Å². The second kappa shape index (κ2) is 9.79. The van der Waals surface area contributed by atoms with Crippen LogP contribution in [0.25, 0.3) is 0 Å². The molecule has 0 aliphatic carbocycles. The zero-order chi connectivity index (χ0) is 18.2. The van der Waals surface area contributed by atoms with Gasteiger partial charge in [0, 0.05) is 39.5 Å². The number of carbonyl (C=O) groups excluding carboxylic acids is 2. The van der Waals surface area contributed by atoms with Crippen LogP contribution in [0.1, 0.15) is 44.3 Å². The first-order chi connectivity index (χ1) is 12.0. The van der Waals surface area contributed by atoms with Crippen molar-refractivity contribution in [1.82, 2.24) is 19.9 Å². The van der Waals surface area contributed by atoms with Crippen molar-refractivity contribution in [2.24, 2.45) is 5.92 Å². The summed E-state index contributed by atoms with van der Waals surface area (Å²) in [4.78, 5) is 32.5. The third kappa shape index (κ3) is 6.02. The van der Waals surface area contributed by atoms with Gasteiger partial charge in [-0.1, -0.05) is 18.5 Å². The number of likely N-dealkylation sites (tertiary alicyclic amines) is 1. The summed E-state index contributed by atoms with van der Waals surface area (Å²) >= 11 is 1.49. The first kappa shape index (κ1) is 19.8. The van der Waals surface area contributed by atoms with Crippen molar-refractivity contribution in [1.29, 1.82) is 0 Å². The van der Waals surface area contributed by atoms with E-state index < -0.39 is 0 Å². The minimum absolute atomic E-state index is 0.0564. The number of amides is 2. The van der Waals surface area contributed by atoms with Gasteiger partial charge < -0.3 is 14.3 Å². The number of nitrogens with zero attached hydrogens (tertiary/aromatic N) is 4. The van der Waals surface area contributed by atoms with Gasteiger partial charge in [0.15, 0.2) is 5.82 Å². The average Bonchev–Trinajstić information content (AvgIpc) is 3.04. The molecule has 0 saturated carbocycles. The molecule has 7 nitrogen and oxygen atoms in total. The van der Waals surface area contributed by atoms with Crippen LogP contribution in [0, 0.1) is 12.8 Å². The highest BCUT2D eigenvalue weighted by atomic mass is 32.2. The van der Waals surface area contributed by atoms with Gasteiger partial charge in [-0.05, 0) is 19.3 Å². The highest BCUT2D eigenvalue weighted by Gasteiger charge is 2.28. The minimum Gasteiger partial charge on any atom is -0.346 e. The van der Waals surface area contributed by atoms with Crippen LogP contribution in [-0.4, -0.2) is 64.2 Å². The molecule has 1 aromatic heterocycles. The van der Waals surface area contributed by atoms with Gasteiger partial charge in [-0.15, -0.1) is 11.8 Å². The van der Waals surface area contributed by atoms with E-state index in [9.17, 15) is 9.59 Å². The van der Waals surface area contributed by atoms with Crippen LogP contribution >= 0.6 is 11.8 Å². The number of piperidine rings is 1. The van der Waals surface area contributed by atoms with Crippen LogP contribution in [0.15, 0.2) is 4.52 Å². The standard InChI is InChI=1S/C17H28N4O3S/c1-4-5-8-20(3)17(23)14-6-9-21(10-7-14)16(22)12-25-11-15-18-13(2)24-19-15/h14H,4-12H2,1-3H3. The molecule has 25 heavy (non-hydrogen) atoms. The predicted molar refractivity (Wildman–Crippen MR) is 97.0 cm³/mol. The van der Waals surface area contributed by atoms with Gasteiger partial charge in [-0.3, -0.25) is 9.59 Å². The molecule has 0 atom stereocenters. The second-order valence-corrected chi connectivity index (χ2v) is 7.48. The lowest BCUT2D eigenvalue weighted by atomic mass is 9.95. The van der Waals surface area contributed by atoms with Gasteiger partial charge >= 0.3 is 0 Å². The number of carbonyl (C=O) groups is 2. The monoisotopic (exact) mass is 368 g/mol. The van der Waals surface area contributed by atoms with E-state index in [0.717, 1.165) is 32.2 Å². The van der Waals surface area contributed by atoms with E-state index >= 15 is 0 Å². The molecule has 0 unspecified atom stereocenters. The molecular weight excluding hydrogens is 340 g/mol. The molecule has 2 amide bonds. The lowest BCUT2D eigenvalue weighted by molar-refractivity contribution is -0.138. The minimum atomic E-state index is 0.0564. The number of rotatable bonds is 8. The summed E-state index contributed by atoms with van der Waals surface area (Å²) in [5.74, 6) is 2.54.